The molecule has 0 unspecified atom stereocenters. The van der Waals surface area contributed by atoms with Gasteiger partial charge in [-0.3, -0.25) is 4.79 Å². The summed E-state index contributed by atoms with van der Waals surface area (Å²) < 4.78 is 13.8. The van der Waals surface area contributed by atoms with Gasteiger partial charge in [0.25, 0.3) is 5.91 Å². The molecule has 1 aliphatic rings. The van der Waals surface area contributed by atoms with Gasteiger partial charge in [-0.1, -0.05) is 43.0 Å². The Morgan fingerprint density at radius 2 is 1.51 bits per heavy atom. The Balaban J connectivity index is 1.27. The lowest BCUT2D eigenvalue weighted by Crippen LogP contribution is -2.19. The van der Waals surface area contributed by atoms with E-state index in [2.05, 4.69) is 21.3 Å². The van der Waals surface area contributed by atoms with Crippen molar-refractivity contribution in [3.63, 3.8) is 0 Å². The predicted octanol–water partition coefficient (Wildman–Crippen LogP) is 7.53. The highest BCUT2D eigenvalue weighted by atomic mass is 35.5. The van der Waals surface area contributed by atoms with Crippen molar-refractivity contribution in [3.05, 3.63) is 83.1 Å². The van der Waals surface area contributed by atoms with E-state index < -0.39 is 11.7 Å². The van der Waals surface area contributed by atoms with Crippen molar-refractivity contribution in [1.29, 1.82) is 0 Å². The van der Waals surface area contributed by atoms with Gasteiger partial charge in [-0.2, -0.15) is 0 Å². The molecular weight excluding hydrogens is 483 g/mol. The van der Waals surface area contributed by atoms with E-state index in [0.717, 1.165) is 23.6 Å². The van der Waals surface area contributed by atoms with Gasteiger partial charge in [0, 0.05) is 23.6 Å². The smallest absolute Gasteiger partial charge is 0.258 e. The lowest BCUT2D eigenvalue weighted by molar-refractivity contribution is 0.102. The Labute approximate surface area is 215 Å². The molecule has 0 atom stereocenters. The standard InChI is InChI=1S/C27H28ClFN4OS/c28-23-16-21(14-15-25(23)30-17-18-6-2-1-3-7-18)33-27(35)32-20-12-10-19(11-13-20)31-26(34)22-8-4-5-9-24(22)29/h4-5,8-16,18,30H,1-3,6-7,17H2,(H,31,34)(H2,32,33,35). The van der Waals surface area contributed by atoms with Crippen LogP contribution in [0.1, 0.15) is 42.5 Å². The second-order valence-corrected chi connectivity index (χ2v) is 9.49. The van der Waals surface area contributed by atoms with Crippen molar-refractivity contribution < 1.29 is 9.18 Å². The number of amides is 1. The number of nitrogens with one attached hydrogen (secondary N) is 4. The molecule has 3 aromatic carbocycles. The van der Waals surface area contributed by atoms with Crippen molar-refractivity contribution in [2.24, 2.45) is 5.92 Å². The molecule has 8 heteroatoms. The van der Waals surface area contributed by atoms with Gasteiger partial charge >= 0.3 is 0 Å². The average Bonchev–Trinajstić information content (AvgIpc) is 2.85. The minimum Gasteiger partial charge on any atom is -0.384 e. The SMILES string of the molecule is O=C(Nc1ccc(NC(=S)Nc2ccc(NCC3CCCCC3)c(Cl)c2)cc1)c1ccccc1F. The van der Waals surface area contributed by atoms with E-state index in [9.17, 15) is 9.18 Å². The monoisotopic (exact) mass is 510 g/mol. The van der Waals surface area contributed by atoms with Gasteiger partial charge in [0.2, 0.25) is 0 Å². The van der Waals surface area contributed by atoms with Crippen LogP contribution in [0, 0.1) is 11.7 Å². The summed E-state index contributed by atoms with van der Waals surface area (Å²) in [6.07, 6.45) is 6.55. The highest BCUT2D eigenvalue weighted by Crippen LogP contribution is 2.28. The Hall–Kier alpha value is -3.16. The summed E-state index contributed by atoms with van der Waals surface area (Å²) in [6, 6.07) is 18.6. The van der Waals surface area contributed by atoms with Crippen molar-refractivity contribution in [1.82, 2.24) is 0 Å². The maximum Gasteiger partial charge on any atom is 0.258 e. The van der Waals surface area contributed by atoms with Crippen molar-refractivity contribution in [3.8, 4) is 0 Å². The third-order valence-corrected chi connectivity index (χ3v) is 6.57. The number of carbonyl (C=O) groups excluding carboxylic acids is 1. The summed E-state index contributed by atoms with van der Waals surface area (Å²) in [5, 5.41) is 13.5. The summed E-state index contributed by atoms with van der Waals surface area (Å²) in [6.45, 7) is 0.948. The maximum absolute atomic E-state index is 13.8. The van der Waals surface area contributed by atoms with Crippen molar-refractivity contribution in [2.75, 3.05) is 27.8 Å². The van der Waals surface area contributed by atoms with Gasteiger partial charge in [0.05, 0.1) is 16.3 Å². The van der Waals surface area contributed by atoms with Crippen LogP contribution in [0.5, 0.6) is 0 Å². The van der Waals surface area contributed by atoms with E-state index in [1.165, 1.54) is 44.2 Å². The zero-order chi connectivity index (χ0) is 24.6. The third kappa shape index (κ3) is 7.16. The van der Waals surface area contributed by atoms with Gasteiger partial charge < -0.3 is 21.3 Å². The quantitative estimate of drug-likeness (QED) is 0.247. The lowest BCUT2D eigenvalue weighted by Gasteiger charge is -2.22. The normalized spacial score (nSPS) is 13.7. The topological polar surface area (TPSA) is 65.2 Å². The molecule has 3 aromatic rings. The molecule has 0 bridgehead atoms. The minimum absolute atomic E-state index is 0.00561. The van der Waals surface area contributed by atoms with Crippen LogP contribution in [0.15, 0.2) is 66.7 Å². The molecule has 1 fully saturated rings. The van der Waals surface area contributed by atoms with Gasteiger partial charge in [-0.05, 0) is 85.6 Å². The van der Waals surface area contributed by atoms with Gasteiger partial charge in [-0.25, -0.2) is 4.39 Å². The fourth-order valence-corrected chi connectivity index (χ4v) is 4.64. The van der Waals surface area contributed by atoms with Crippen LogP contribution in [0.4, 0.5) is 27.1 Å². The molecule has 0 aliphatic heterocycles. The first kappa shape index (κ1) is 24.9. The third-order valence-electron chi connectivity index (χ3n) is 6.05. The molecule has 0 aromatic heterocycles. The highest BCUT2D eigenvalue weighted by molar-refractivity contribution is 7.80. The first-order valence-corrected chi connectivity index (χ1v) is 12.5. The Bertz CT molecular complexity index is 1180. The molecule has 4 rings (SSSR count). The van der Waals surface area contributed by atoms with Gasteiger partial charge in [0.1, 0.15) is 5.82 Å². The predicted molar refractivity (Wildman–Crippen MR) is 147 cm³/mol. The molecule has 1 saturated carbocycles. The second kappa shape index (κ2) is 12.0. The summed E-state index contributed by atoms with van der Waals surface area (Å²) >= 11 is 11.9. The number of hydrogen-bond donors (Lipinski definition) is 4. The molecule has 1 amide bonds. The average molecular weight is 511 g/mol. The van der Waals surface area contributed by atoms with E-state index >= 15 is 0 Å². The lowest BCUT2D eigenvalue weighted by atomic mass is 9.89. The summed E-state index contributed by atoms with van der Waals surface area (Å²) in [4.78, 5) is 12.3. The molecule has 4 N–H and O–H groups in total. The van der Waals surface area contributed by atoms with Crippen LogP contribution in [0.3, 0.4) is 0 Å². The summed E-state index contributed by atoms with van der Waals surface area (Å²) in [5.41, 5.74) is 2.99. The number of rotatable bonds is 7. The Morgan fingerprint density at radius 3 is 2.20 bits per heavy atom. The minimum atomic E-state index is -0.562. The van der Waals surface area contributed by atoms with Crippen molar-refractivity contribution >= 4 is 57.6 Å². The van der Waals surface area contributed by atoms with E-state index in [1.807, 2.05) is 18.2 Å². The highest BCUT2D eigenvalue weighted by Gasteiger charge is 2.14. The van der Waals surface area contributed by atoms with Gasteiger partial charge in [0.15, 0.2) is 5.11 Å². The molecule has 182 valence electrons. The molecule has 0 saturated heterocycles. The zero-order valence-electron chi connectivity index (χ0n) is 19.2. The number of halogens is 2. The Morgan fingerprint density at radius 1 is 0.886 bits per heavy atom. The fourth-order valence-electron chi connectivity index (χ4n) is 4.16. The first-order valence-electron chi connectivity index (χ1n) is 11.8. The molecule has 0 spiro atoms. The second-order valence-electron chi connectivity index (χ2n) is 8.67. The van der Waals surface area contributed by atoms with Crippen LogP contribution in [-0.2, 0) is 0 Å². The molecular formula is C27H28ClFN4OS. The number of thiocarbonyl (C=S) groups is 1. The molecule has 0 radical (unpaired) electrons. The maximum atomic E-state index is 13.8. The van der Waals surface area contributed by atoms with Crippen LogP contribution < -0.4 is 21.3 Å². The number of anilines is 4. The summed E-state index contributed by atoms with van der Waals surface area (Å²) in [5.74, 6) is -0.351. The number of hydrogen-bond acceptors (Lipinski definition) is 3. The molecule has 35 heavy (non-hydrogen) atoms. The summed E-state index contributed by atoms with van der Waals surface area (Å²) in [7, 11) is 0. The Kier molecular flexibility index (Phi) is 8.55. The van der Waals surface area contributed by atoms with E-state index in [4.69, 9.17) is 23.8 Å². The first-order chi connectivity index (χ1) is 17.0. The van der Waals surface area contributed by atoms with Crippen LogP contribution in [-0.4, -0.2) is 17.6 Å². The molecule has 5 nitrogen and oxygen atoms in total. The number of carbonyl (C=O) groups is 1. The van der Waals surface area contributed by atoms with Crippen molar-refractivity contribution in [2.45, 2.75) is 32.1 Å². The largest absolute Gasteiger partial charge is 0.384 e. The fraction of sp³-hybridized carbons (Fsp3) is 0.259. The van der Waals surface area contributed by atoms with Crippen LogP contribution >= 0.6 is 23.8 Å². The van der Waals surface area contributed by atoms with Crippen LogP contribution in [0.2, 0.25) is 5.02 Å². The van der Waals surface area contributed by atoms with E-state index in [1.54, 1.807) is 36.4 Å². The van der Waals surface area contributed by atoms with Crippen LogP contribution in [0.25, 0.3) is 0 Å². The number of benzene rings is 3. The molecule has 1 aliphatic carbocycles. The zero-order valence-corrected chi connectivity index (χ0v) is 20.8. The van der Waals surface area contributed by atoms with Gasteiger partial charge in [-0.15, -0.1) is 0 Å². The van der Waals surface area contributed by atoms with E-state index in [0.29, 0.717) is 21.7 Å². The molecule has 0 heterocycles. The van der Waals surface area contributed by atoms with E-state index in [-0.39, 0.29) is 5.56 Å².